The number of methoxy groups -OCH3 is 3. The molecule has 0 radical (unpaired) electrons. The van der Waals surface area contributed by atoms with Crippen molar-refractivity contribution in [2.75, 3.05) is 41.3 Å². The van der Waals surface area contributed by atoms with Crippen molar-refractivity contribution in [3.63, 3.8) is 0 Å². The molecule has 0 spiro atoms. The van der Waals surface area contributed by atoms with Crippen molar-refractivity contribution in [1.82, 2.24) is 0 Å². The van der Waals surface area contributed by atoms with Crippen LogP contribution in [0.15, 0.2) is 65.1 Å². The third kappa shape index (κ3) is 5.81. The van der Waals surface area contributed by atoms with E-state index in [4.69, 9.17) is 23.7 Å². The number of ether oxygens (including phenoxy) is 5. The number of para-hydroxylation sites is 2. The van der Waals surface area contributed by atoms with Gasteiger partial charge in [-0.05, 0) is 60.6 Å². The van der Waals surface area contributed by atoms with E-state index in [1.54, 1.807) is 21.3 Å². The molecule has 0 fully saturated rings. The minimum Gasteiger partial charge on any atom is -0.496 e. The second-order valence-corrected chi connectivity index (χ2v) is 9.91. The van der Waals surface area contributed by atoms with Crippen LogP contribution in [-0.2, 0) is 9.47 Å². The lowest BCUT2D eigenvalue weighted by atomic mass is 10.2. The fourth-order valence-electron chi connectivity index (χ4n) is 3.34. The fourth-order valence-corrected chi connectivity index (χ4v) is 6.92. The molecule has 0 aliphatic carbocycles. The Hall–Kier alpha value is -2.11. The highest BCUT2D eigenvalue weighted by Gasteiger charge is 2.27. The zero-order chi connectivity index (χ0) is 22.9. The van der Waals surface area contributed by atoms with Crippen LogP contribution in [-0.4, -0.2) is 41.3 Å². The van der Waals surface area contributed by atoms with Gasteiger partial charge in [0.2, 0.25) is 0 Å². The van der Waals surface area contributed by atoms with E-state index in [0.717, 1.165) is 43.2 Å². The van der Waals surface area contributed by atoms with Crippen molar-refractivity contribution < 1.29 is 23.7 Å². The molecular formula is C25H28BrO5P. The van der Waals surface area contributed by atoms with Crippen LogP contribution in [0.25, 0.3) is 0 Å². The smallest absolute Gasteiger partial charge is 0.189 e. The number of rotatable bonds is 11. The van der Waals surface area contributed by atoms with Gasteiger partial charge in [0.15, 0.2) is 6.79 Å². The van der Waals surface area contributed by atoms with Crippen LogP contribution in [0.1, 0.15) is 5.56 Å². The first-order valence-corrected chi connectivity index (χ1v) is 12.3. The zero-order valence-corrected chi connectivity index (χ0v) is 21.2. The Balaban J connectivity index is 2.17. The number of halogens is 1. The molecule has 3 aromatic rings. The Morgan fingerprint density at radius 3 is 1.94 bits per heavy atom. The summed E-state index contributed by atoms with van der Waals surface area (Å²) in [5.41, 5.74) is 1.12. The van der Waals surface area contributed by atoms with Gasteiger partial charge in [-0.25, -0.2) is 0 Å². The minimum absolute atomic E-state index is 0.124. The Kier molecular flexibility index (Phi) is 9.36. The molecule has 5 nitrogen and oxygen atoms in total. The van der Waals surface area contributed by atoms with E-state index in [1.807, 2.05) is 42.5 Å². The van der Waals surface area contributed by atoms with Crippen molar-refractivity contribution in [1.29, 1.82) is 0 Å². The molecule has 0 aliphatic heterocycles. The van der Waals surface area contributed by atoms with Crippen LogP contribution in [0.2, 0.25) is 0 Å². The summed E-state index contributed by atoms with van der Waals surface area (Å²) in [6.07, 6.45) is 0. The topological polar surface area (TPSA) is 46.2 Å². The van der Waals surface area contributed by atoms with Gasteiger partial charge in [0.25, 0.3) is 0 Å². The van der Waals surface area contributed by atoms with E-state index in [0.29, 0.717) is 13.2 Å². The van der Waals surface area contributed by atoms with E-state index >= 15 is 0 Å². The van der Waals surface area contributed by atoms with Crippen LogP contribution in [0.4, 0.5) is 0 Å². The first-order chi connectivity index (χ1) is 15.6. The van der Waals surface area contributed by atoms with Gasteiger partial charge in [0.1, 0.15) is 17.2 Å². The van der Waals surface area contributed by atoms with Gasteiger partial charge in [0, 0.05) is 23.0 Å². The van der Waals surface area contributed by atoms with Crippen molar-refractivity contribution in [3.8, 4) is 17.2 Å². The van der Waals surface area contributed by atoms with Gasteiger partial charge >= 0.3 is 0 Å². The normalized spacial score (nSPS) is 10.9. The van der Waals surface area contributed by atoms with Gasteiger partial charge in [0.05, 0.1) is 31.9 Å². The summed E-state index contributed by atoms with van der Waals surface area (Å²) in [5.74, 6) is 2.39. The predicted molar refractivity (Wildman–Crippen MR) is 134 cm³/mol. The molecule has 0 saturated heterocycles. The largest absolute Gasteiger partial charge is 0.496 e. The first kappa shape index (κ1) is 24.5. The van der Waals surface area contributed by atoms with Crippen LogP contribution in [0.3, 0.4) is 0 Å². The molecule has 0 saturated carbocycles. The molecule has 0 aromatic heterocycles. The molecule has 0 bridgehead atoms. The highest BCUT2D eigenvalue weighted by molar-refractivity contribution is 9.10. The van der Waals surface area contributed by atoms with Gasteiger partial charge in [-0.3, -0.25) is 0 Å². The van der Waals surface area contributed by atoms with Crippen LogP contribution >= 0.6 is 23.9 Å². The maximum atomic E-state index is 6.15. The standard InChI is InChI=1S/C25H28BrO5P/c1-18-15-19(26)25(31-17-30-14-13-27-2)24(16-18)32(22-11-7-5-9-20(22)28-3)23-12-8-6-10-21(23)29-4/h5-12,15-16H,13-14,17H2,1-4H3. The summed E-state index contributed by atoms with van der Waals surface area (Å²) in [6, 6.07) is 20.4. The van der Waals surface area contributed by atoms with Gasteiger partial charge in [-0.2, -0.15) is 0 Å². The van der Waals surface area contributed by atoms with Crippen LogP contribution in [0, 0.1) is 6.92 Å². The highest BCUT2D eigenvalue weighted by atomic mass is 79.9. The van der Waals surface area contributed by atoms with Crippen molar-refractivity contribution in [2.24, 2.45) is 0 Å². The Labute approximate surface area is 199 Å². The highest BCUT2D eigenvalue weighted by Crippen LogP contribution is 2.44. The molecule has 3 rings (SSSR count). The lowest BCUT2D eigenvalue weighted by Crippen LogP contribution is -2.25. The third-order valence-electron chi connectivity index (χ3n) is 4.78. The summed E-state index contributed by atoms with van der Waals surface area (Å²) in [4.78, 5) is 0. The maximum Gasteiger partial charge on any atom is 0.189 e. The first-order valence-electron chi connectivity index (χ1n) is 10.2. The lowest BCUT2D eigenvalue weighted by molar-refractivity contribution is -0.00832. The molecule has 0 atom stereocenters. The van der Waals surface area contributed by atoms with Crippen molar-refractivity contribution in [3.05, 3.63) is 70.7 Å². The molecule has 0 amide bonds. The summed E-state index contributed by atoms with van der Waals surface area (Å²) in [5, 5.41) is 3.21. The van der Waals surface area contributed by atoms with Gasteiger partial charge in [-0.1, -0.05) is 36.4 Å². The van der Waals surface area contributed by atoms with E-state index in [-0.39, 0.29) is 6.79 Å². The molecule has 0 aliphatic rings. The van der Waals surface area contributed by atoms with E-state index in [1.165, 1.54) is 0 Å². The molecule has 0 N–H and O–H groups in total. The Morgan fingerprint density at radius 1 is 0.781 bits per heavy atom. The van der Waals surface area contributed by atoms with E-state index in [9.17, 15) is 0 Å². The zero-order valence-electron chi connectivity index (χ0n) is 18.8. The number of aryl methyl sites for hydroxylation is 1. The molecule has 7 heteroatoms. The van der Waals surface area contributed by atoms with Crippen LogP contribution < -0.4 is 30.1 Å². The fraction of sp³-hybridized carbons (Fsp3) is 0.280. The molecule has 0 heterocycles. The predicted octanol–water partition coefficient (Wildman–Crippen LogP) is 4.53. The minimum atomic E-state index is -1.07. The second kappa shape index (κ2) is 12.2. The average Bonchev–Trinajstić information content (AvgIpc) is 2.81. The van der Waals surface area contributed by atoms with Crippen molar-refractivity contribution in [2.45, 2.75) is 6.92 Å². The Morgan fingerprint density at radius 2 is 1.38 bits per heavy atom. The van der Waals surface area contributed by atoms with E-state index in [2.05, 4.69) is 41.1 Å². The lowest BCUT2D eigenvalue weighted by Gasteiger charge is -2.26. The molecule has 170 valence electrons. The summed E-state index contributed by atoms with van der Waals surface area (Å²) < 4.78 is 29.2. The third-order valence-corrected chi connectivity index (χ3v) is 7.89. The molecule has 0 unspecified atom stereocenters. The number of hydrogen-bond donors (Lipinski definition) is 0. The Bertz CT molecular complexity index is 979. The van der Waals surface area contributed by atoms with Crippen LogP contribution in [0.5, 0.6) is 17.2 Å². The second-order valence-electron chi connectivity index (χ2n) is 6.94. The maximum absolute atomic E-state index is 6.15. The number of hydrogen-bond acceptors (Lipinski definition) is 5. The summed E-state index contributed by atoms with van der Waals surface area (Å²) in [6.45, 7) is 3.17. The van der Waals surface area contributed by atoms with Gasteiger partial charge in [-0.15, -0.1) is 0 Å². The van der Waals surface area contributed by atoms with Gasteiger partial charge < -0.3 is 23.7 Å². The molecule has 3 aromatic carbocycles. The monoisotopic (exact) mass is 518 g/mol. The SMILES string of the molecule is COCCOCOc1c(Br)cc(C)cc1P(c1ccccc1OC)c1ccccc1OC. The molecular weight excluding hydrogens is 491 g/mol. The number of benzene rings is 3. The quantitative estimate of drug-likeness (QED) is 0.212. The van der Waals surface area contributed by atoms with Crippen molar-refractivity contribution >= 4 is 39.8 Å². The summed E-state index contributed by atoms with van der Waals surface area (Å²) in [7, 11) is 3.97. The van der Waals surface area contributed by atoms with E-state index < -0.39 is 7.92 Å². The summed E-state index contributed by atoms with van der Waals surface area (Å²) >= 11 is 3.71. The average molecular weight is 519 g/mol. The molecule has 32 heavy (non-hydrogen) atoms.